The molecule has 1 N–H and O–H groups in total. The van der Waals surface area contributed by atoms with Crippen molar-refractivity contribution < 1.29 is 14.3 Å². The van der Waals surface area contributed by atoms with E-state index in [2.05, 4.69) is 12.2 Å². The van der Waals surface area contributed by atoms with E-state index in [0.717, 1.165) is 13.1 Å². The van der Waals surface area contributed by atoms with E-state index in [1.807, 2.05) is 24.3 Å². The predicted octanol–water partition coefficient (Wildman–Crippen LogP) is 1.74. The van der Waals surface area contributed by atoms with Crippen LogP contribution in [0.15, 0.2) is 24.3 Å². The average molecular weight is 237 g/mol. The van der Waals surface area contributed by atoms with Crippen LogP contribution in [-0.4, -0.2) is 25.7 Å². The Labute approximate surface area is 102 Å². The molecule has 1 rings (SSSR count). The summed E-state index contributed by atoms with van der Waals surface area (Å²) in [6.45, 7) is 5.96. The lowest BCUT2D eigenvalue weighted by atomic mass is 10.2. The molecule has 0 radical (unpaired) electrons. The van der Waals surface area contributed by atoms with Crippen LogP contribution in [0, 0.1) is 0 Å². The lowest BCUT2D eigenvalue weighted by Gasteiger charge is -2.07. The van der Waals surface area contributed by atoms with Gasteiger partial charge < -0.3 is 14.8 Å². The Morgan fingerprint density at radius 2 is 1.94 bits per heavy atom. The number of ether oxygens (including phenoxy) is 2. The van der Waals surface area contributed by atoms with Crippen molar-refractivity contribution in [1.29, 1.82) is 0 Å². The third-order valence-corrected chi connectivity index (χ3v) is 2.16. The van der Waals surface area contributed by atoms with E-state index in [1.54, 1.807) is 6.92 Å². The van der Waals surface area contributed by atoms with Gasteiger partial charge in [-0.1, -0.05) is 19.1 Å². The molecule has 0 aliphatic heterocycles. The number of rotatable bonds is 7. The van der Waals surface area contributed by atoms with Crippen molar-refractivity contribution in [2.45, 2.75) is 20.4 Å². The quantitative estimate of drug-likeness (QED) is 0.734. The summed E-state index contributed by atoms with van der Waals surface area (Å²) in [5.41, 5.74) is 1.19. The first-order valence-electron chi connectivity index (χ1n) is 5.84. The first-order chi connectivity index (χ1) is 8.26. The van der Waals surface area contributed by atoms with Crippen molar-refractivity contribution in [1.82, 2.24) is 5.32 Å². The minimum absolute atomic E-state index is 0.0413. The van der Waals surface area contributed by atoms with Gasteiger partial charge in [-0.05, 0) is 31.2 Å². The standard InChI is InChI=1S/C13H19NO3/c1-3-14-9-11-5-7-12(8-6-11)17-10-13(15)16-4-2/h5-8,14H,3-4,9-10H2,1-2H3. The third kappa shape index (κ3) is 5.36. The van der Waals surface area contributed by atoms with Gasteiger partial charge in [-0.3, -0.25) is 0 Å². The smallest absolute Gasteiger partial charge is 0.344 e. The number of benzene rings is 1. The van der Waals surface area contributed by atoms with Crippen LogP contribution in [0.5, 0.6) is 5.75 Å². The lowest BCUT2D eigenvalue weighted by Crippen LogP contribution is -2.14. The molecule has 0 fully saturated rings. The van der Waals surface area contributed by atoms with Gasteiger partial charge in [0, 0.05) is 6.54 Å². The molecule has 1 aromatic rings. The van der Waals surface area contributed by atoms with Crippen LogP contribution in [0.1, 0.15) is 19.4 Å². The minimum Gasteiger partial charge on any atom is -0.482 e. The fourth-order valence-electron chi connectivity index (χ4n) is 1.32. The zero-order chi connectivity index (χ0) is 12.5. The highest BCUT2D eigenvalue weighted by Gasteiger charge is 2.02. The lowest BCUT2D eigenvalue weighted by molar-refractivity contribution is -0.145. The van der Waals surface area contributed by atoms with Gasteiger partial charge in [0.2, 0.25) is 0 Å². The van der Waals surface area contributed by atoms with Crippen molar-refractivity contribution >= 4 is 5.97 Å². The molecular formula is C13H19NO3. The number of hydrogen-bond acceptors (Lipinski definition) is 4. The summed E-state index contributed by atoms with van der Waals surface area (Å²) in [6.07, 6.45) is 0. The zero-order valence-electron chi connectivity index (χ0n) is 10.4. The number of carbonyl (C=O) groups is 1. The van der Waals surface area contributed by atoms with Gasteiger partial charge in [0.15, 0.2) is 6.61 Å². The molecule has 94 valence electrons. The van der Waals surface area contributed by atoms with Crippen LogP contribution >= 0.6 is 0 Å². The van der Waals surface area contributed by atoms with Crippen molar-refractivity contribution in [2.24, 2.45) is 0 Å². The van der Waals surface area contributed by atoms with Gasteiger partial charge in [-0.25, -0.2) is 4.79 Å². The highest BCUT2D eigenvalue weighted by molar-refractivity contribution is 5.71. The van der Waals surface area contributed by atoms with E-state index in [1.165, 1.54) is 5.56 Å². The number of nitrogens with one attached hydrogen (secondary N) is 1. The van der Waals surface area contributed by atoms with E-state index in [0.29, 0.717) is 12.4 Å². The van der Waals surface area contributed by atoms with Gasteiger partial charge >= 0.3 is 5.97 Å². The molecule has 0 saturated carbocycles. The number of hydrogen-bond donors (Lipinski definition) is 1. The Morgan fingerprint density at radius 1 is 1.24 bits per heavy atom. The molecule has 4 heteroatoms. The minimum atomic E-state index is -0.343. The van der Waals surface area contributed by atoms with Crippen LogP contribution in [0.3, 0.4) is 0 Å². The van der Waals surface area contributed by atoms with E-state index in [-0.39, 0.29) is 12.6 Å². The topological polar surface area (TPSA) is 47.6 Å². The van der Waals surface area contributed by atoms with Crippen LogP contribution in [-0.2, 0) is 16.1 Å². The zero-order valence-corrected chi connectivity index (χ0v) is 10.4. The van der Waals surface area contributed by atoms with E-state index >= 15 is 0 Å². The van der Waals surface area contributed by atoms with Gasteiger partial charge in [-0.15, -0.1) is 0 Å². The summed E-state index contributed by atoms with van der Waals surface area (Å²) in [6, 6.07) is 7.66. The largest absolute Gasteiger partial charge is 0.482 e. The second-order valence-corrected chi connectivity index (χ2v) is 3.52. The molecule has 17 heavy (non-hydrogen) atoms. The molecule has 0 atom stereocenters. The Bertz CT molecular complexity index is 335. The summed E-state index contributed by atoms with van der Waals surface area (Å²) in [5, 5.41) is 3.24. The number of esters is 1. The maximum absolute atomic E-state index is 11.1. The van der Waals surface area contributed by atoms with Crippen LogP contribution in [0.25, 0.3) is 0 Å². The van der Waals surface area contributed by atoms with Gasteiger partial charge in [0.05, 0.1) is 6.61 Å². The second-order valence-electron chi connectivity index (χ2n) is 3.52. The molecule has 0 bridgehead atoms. The third-order valence-electron chi connectivity index (χ3n) is 2.16. The molecule has 0 aromatic heterocycles. The number of carbonyl (C=O) groups excluding carboxylic acids is 1. The van der Waals surface area contributed by atoms with E-state index < -0.39 is 0 Å². The summed E-state index contributed by atoms with van der Waals surface area (Å²) < 4.78 is 10.1. The summed E-state index contributed by atoms with van der Waals surface area (Å²) >= 11 is 0. The normalized spacial score (nSPS) is 10.0. The molecule has 0 heterocycles. The maximum Gasteiger partial charge on any atom is 0.344 e. The fourth-order valence-corrected chi connectivity index (χ4v) is 1.32. The Balaban J connectivity index is 2.37. The highest BCUT2D eigenvalue weighted by Crippen LogP contribution is 2.12. The molecule has 1 aromatic carbocycles. The molecular weight excluding hydrogens is 218 g/mol. The second kappa shape index (κ2) is 7.68. The Kier molecular flexibility index (Phi) is 6.10. The van der Waals surface area contributed by atoms with Crippen molar-refractivity contribution in [2.75, 3.05) is 19.8 Å². The molecule has 0 spiro atoms. The average Bonchev–Trinajstić information content (AvgIpc) is 2.35. The summed E-state index contributed by atoms with van der Waals surface area (Å²) in [4.78, 5) is 11.1. The maximum atomic E-state index is 11.1. The van der Waals surface area contributed by atoms with Crippen LogP contribution < -0.4 is 10.1 Å². The first kappa shape index (κ1) is 13.5. The van der Waals surface area contributed by atoms with Crippen molar-refractivity contribution in [3.63, 3.8) is 0 Å². The van der Waals surface area contributed by atoms with E-state index in [9.17, 15) is 4.79 Å². The molecule has 0 aliphatic carbocycles. The Hall–Kier alpha value is -1.55. The monoisotopic (exact) mass is 237 g/mol. The molecule has 4 nitrogen and oxygen atoms in total. The van der Waals surface area contributed by atoms with Crippen molar-refractivity contribution in [3.8, 4) is 5.75 Å². The summed E-state index contributed by atoms with van der Waals surface area (Å²) in [5.74, 6) is 0.336. The predicted molar refractivity (Wildman–Crippen MR) is 66.0 cm³/mol. The fraction of sp³-hybridized carbons (Fsp3) is 0.462. The molecule has 0 aliphatic rings. The SMILES string of the molecule is CCNCc1ccc(OCC(=O)OCC)cc1. The first-order valence-corrected chi connectivity index (χ1v) is 5.84. The Morgan fingerprint density at radius 3 is 2.53 bits per heavy atom. The van der Waals surface area contributed by atoms with E-state index in [4.69, 9.17) is 9.47 Å². The molecule has 0 saturated heterocycles. The summed E-state index contributed by atoms with van der Waals surface area (Å²) in [7, 11) is 0. The van der Waals surface area contributed by atoms with Gasteiger partial charge in [0.25, 0.3) is 0 Å². The van der Waals surface area contributed by atoms with Crippen LogP contribution in [0.2, 0.25) is 0 Å². The molecule has 0 unspecified atom stereocenters. The van der Waals surface area contributed by atoms with Gasteiger partial charge in [-0.2, -0.15) is 0 Å². The van der Waals surface area contributed by atoms with Gasteiger partial charge in [0.1, 0.15) is 5.75 Å². The highest BCUT2D eigenvalue weighted by atomic mass is 16.6. The van der Waals surface area contributed by atoms with Crippen molar-refractivity contribution in [3.05, 3.63) is 29.8 Å². The van der Waals surface area contributed by atoms with Crippen LogP contribution in [0.4, 0.5) is 0 Å². The molecule has 0 amide bonds.